The summed E-state index contributed by atoms with van der Waals surface area (Å²) < 4.78 is 11.8. The number of nitrogens with zero attached hydrogens (tertiary/aromatic N) is 4. The molecule has 0 saturated carbocycles. The van der Waals surface area contributed by atoms with Crippen molar-refractivity contribution in [3.63, 3.8) is 0 Å². The minimum atomic E-state index is 0.208. The molecule has 0 aliphatic rings. The average molecular weight is 734 g/mol. The van der Waals surface area contributed by atoms with Crippen molar-refractivity contribution in [1.82, 2.24) is 14.9 Å². The van der Waals surface area contributed by atoms with Crippen LogP contribution in [0.3, 0.4) is 0 Å². The van der Waals surface area contributed by atoms with Crippen molar-refractivity contribution in [3.05, 3.63) is 91.1 Å². The lowest BCUT2D eigenvalue weighted by Crippen LogP contribution is -2.08. The molecule has 258 valence electrons. The summed E-state index contributed by atoms with van der Waals surface area (Å²) in [6.45, 7) is 16.8. The molecule has 0 unspecified atom stereocenters. The smallest absolute Gasteiger partial charge is 0.219 e. The molecule has 2 aromatic heterocycles. The van der Waals surface area contributed by atoms with E-state index in [-0.39, 0.29) is 23.7 Å². The molecule has 0 aliphatic carbocycles. The second-order valence-electron chi connectivity index (χ2n) is 12.8. The molecule has 48 heavy (non-hydrogen) atoms. The maximum Gasteiger partial charge on any atom is 0.219 e. The largest absolute Gasteiger partial charge is 0.439 e. The molecule has 4 aromatic rings. The Kier molecular flexibility index (Phi) is 14.2. The Morgan fingerprint density at radius 3 is 1.46 bits per heavy atom. The number of benzene rings is 2. The molecular formula is C37H45Cl4N5O2. The van der Waals surface area contributed by atoms with Crippen molar-refractivity contribution in [2.45, 2.75) is 79.1 Å². The summed E-state index contributed by atoms with van der Waals surface area (Å²) in [5.74, 6) is 3.23. The number of aliphatic imine (C=N–C) groups is 1. The number of nitrogens with two attached hydrogens (primary N) is 1. The Morgan fingerprint density at radius 1 is 0.625 bits per heavy atom. The zero-order chi connectivity index (χ0) is 35.9. The second-order valence-corrected chi connectivity index (χ2v) is 14.4. The van der Waals surface area contributed by atoms with Crippen LogP contribution in [0.15, 0.2) is 53.5 Å². The normalized spacial score (nSPS) is 11.5. The van der Waals surface area contributed by atoms with Gasteiger partial charge in [-0.2, -0.15) is 0 Å². The molecule has 0 aliphatic heterocycles. The number of anilines is 1. The fraction of sp³-hybridized carbons (Fsp3) is 0.378. The highest BCUT2D eigenvalue weighted by atomic mass is 35.5. The number of hydrogen-bond acceptors (Lipinski definition) is 6. The molecular weight excluding hydrogens is 688 g/mol. The first-order valence-corrected chi connectivity index (χ1v) is 17.3. The van der Waals surface area contributed by atoms with Crippen LogP contribution in [-0.4, -0.2) is 35.3 Å². The molecule has 0 spiro atoms. The Morgan fingerprint density at radius 2 is 1.06 bits per heavy atom. The first-order chi connectivity index (χ1) is 22.5. The van der Waals surface area contributed by atoms with Crippen LogP contribution in [0.25, 0.3) is 0 Å². The maximum atomic E-state index is 6.23. The number of hydrogen-bond donors (Lipinski definition) is 1. The summed E-state index contributed by atoms with van der Waals surface area (Å²) in [4.78, 5) is 15.8. The summed E-state index contributed by atoms with van der Waals surface area (Å²) >= 11 is 24.0. The number of rotatable bonds is 10. The van der Waals surface area contributed by atoms with E-state index in [1.807, 2.05) is 31.1 Å². The quantitative estimate of drug-likeness (QED) is 0.129. The van der Waals surface area contributed by atoms with Gasteiger partial charge in [-0.3, -0.25) is 0 Å². The molecule has 11 heteroatoms. The molecule has 0 fully saturated rings. The van der Waals surface area contributed by atoms with Gasteiger partial charge in [-0.15, -0.1) is 0 Å². The fourth-order valence-electron chi connectivity index (χ4n) is 4.62. The minimum Gasteiger partial charge on any atom is -0.439 e. The van der Waals surface area contributed by atoms with Crippen LogP contribution in [0.1, 0.15) is 102 Å². The highest BCUT2D eigenvalue weighted by Gasteiger charge is 2.19. The zero-order valence-electron chi connectivity index (χ0n) is 29.2. The van der Waals surface area contributed by atoms with E-state index in [4.69, 9.17) is 66.6 Å². The van der Waals surface area contributed by atoms with Crippen molar-refractivity contribution in [3.8, 4) is 23.3 Å². The predicted octanol–water partition coefficient (Wildman–Crippen LogP) is 12.7. The molecule has 4 rings (SSSR count). The third kappa shape index (κ3) is 10.6. The summed E-state index contributed by atoms with van der Waals surface area (Å²) in [6.07, 6.45) is 1.80. The van der Waals surface area contributed by atoms with Gasteiger partial charge in [-0.1, -0.05) is 102 Å². The number of halogens is 4. The van der Waals surface area contributed by atoms with E-state index < -0.39 is 0 Å². The lowest BCUT2D eigenvalue weighted by atomic mass is 9.97. The topological polar surface area (TPSA) is 85.9 Å². The summed E-state index contributed by atoms with van der Waals surface area (Å²) in [6, 6.07) is 14.1. The van der Waals surface area contributed by atoms with Crippen molar-refractivity contribution < 1.29 is 9.47 Å². The third-order valence-electron chi connectivity index (χ3n) is 7.10. The predicted molar refractivity (Wildman–Crippen MR) is 204 cm³/mol. The summed E-state index contributed by atoms with van der Waals surface area (Å²) in [5.41, 5.74) is 11.8. The highest BCUT2D eigenvalue weighted by Crippen LogP contribution is 2.38. The lowest BCUT2D eigenvalue weighted by Gasteiger charge is -2.18. The van der Waals surface area contributed by atoms with Gasteiger partial charge in [0.1, 0.15) is 11.5 Å². The Balaban J connectivity index is 0.000000264. The molecule has 0 saturated heterocycles. The van der Waals surface area contributed by atoms with E-state index in [1.165, 1.54) is 0 Å². The first kappa shape index (κ1) is 39.2. The molecule has 0 radical (unpaired) electrons. The van der Waals surface area contributed by atoms with E-state index in [1.54, 1.807) is 42.7 Å². The molecule has 0 amide bonds. The Bertz CT molecular complexity index is 1680. The molecule has 2 N–H and O–H groups in total. The second kappa shape index (κ2) is 17.4. The van der Waals surface area contributed by atoms with Gasteiger partial charge in [0.05, 0.1) is 49.2 Å². The van der Waals surface area contributed by atoms with Gasteiger partial charge in [0.15, 0.2) is 0 Å². The molecule has 7 nitrogen and oxygen atoms in total. The van der Waals surface area contributed by atoms with Crippen LogP contribution in [0.5, 0.6) is 23.3 Å². The van der Waals surface area contributed by atoms with Crippen LogP contribution >= 0.6 is 46.4 Å². The Hall–Kier alpha value is -3.23. The highest BCUT2D eigenvalue weighted by molar-refractivity contribution is 6.42. The van der Waals surface area contributed by atoms with E-state index >= 15 is 0 Å². The van der Waals surface area contributed by atoms with Crippen molar-refractivity contribution in [2.24, 2.45) is 4.99 Å². The van der Waals surface area contributed by atoms with Crippen molar-refractivity contribution >= 4 is 64.1 Å². The molecule has 0 atom stereocenters. The SMILES string of the molecule is CC(C)c1cc(Oc2ccc(Cl)c(Cl)c2)nc(C(C)C)c1N.CC(C)c1cc(Oc2ccc(Cl)c(Cl)c2)nc(C(C)C)c1N=CN(C)C. The van der Waals surface area contributed by atoms with Gasteiger partial charge >= 0.3 is 0 Å². The fourth-order valence-corrected chi connectivity index (χ4v) is 5.20. The average Bonchev–Trinajstić information content (AvgIpc) is 3.00. The third-order valence-corrected chi connectivity index (χ3v) is 8.58. The van der Waals surface area contributed by atoms with Crippen LogP contribution in [0.2, 0.25) is 20.1 Å². The van der Waals surface area contributed by atoms with Crippen LogP contribution < -0.4 is 15.2 Å². The van der Waals surface area contributed by atoms with Crippen LogP contribution in [0, 0.1) is 0 Å². The van der Waals surface area contributed by atoms with Gasteiger partial charge in [0.2, 0.25) is 11.8 Å². The molecule has 2 aromatic carbocycles. The first-order valence-electron chi connectivity index (χ1n) is 15.8. The van der Waals surface area contributed by atoms with Gasteiger partial charge in [-0.05, 0) is 59.1 Å². The Labute approximate surface area is 305 Å². The minimum absolute atomic E-state index is 0.208. The number of nitrogen functional groups attached to an aromatic ring is 1. The summed E-state index contributed by atoms with van der Waals surface area (Å²) in [7, 11) is 3.89. The van der Waals surface area contributed by atoms with Crippen molar-refractivity contribution in [2.75, 3.05) is 19.8 Å². The van der Waals surface area contributed by atoms with Crippen molar-refractivity contribution in [1.29, 1.82) is 0 Å². The monoisotopic (exact) mass is 731 g/mol. The van der Waals surface area contributed by atoms with Crippen LogP contribution in [0.4, 0.5) is 11.4 Å². The number of ether oxygens (including phenoxy) is 2. The molecule has 2 heterocycles. The van der Waals surface area contributed by atoms with Gasteiger partial charge in [0.25, 0.3) is 0 Å². The zero-order valence-corrected chi connectivity index (χ0v) is 32.2. The standard InChI is InChI=1S/C20H25Cl2N3O.C17H20Cl2N2O/c1-12(2)15-10-18(26-14-7-8-16(21)17(22)9-14)24-19(13(3)4)20(15)23-11-25(5)6;1-9(2)12-8-15(21-17(10(3)4)16(12)20)22-11-5-6-13(18)14(19)7-11/h7-13H,1-6H3;5-10H,20H2,1-4H3. The van der Waals surface area contributed by atoms with Crippen LogP contribution in [-0.2, 0) is 0 Å². The van der Waals surface area contributed by atoms with E-state index in [9.17, 15) is 0 Å². The molecule has 0 bridgehead atoms. The van der Waals surface area contributed by atoms with E-state index in [0.717, 1.165) is 33.9 Å². The maximum absolute atomic E-state index is 6.23. The lowest BCUT2D eigenvalue weighted by molar-refractivity contribution is 0.458. The van der Waals surface area contributed by atoms with Gasteiger partial charge in [-0.25, -0.2) is 15.0 Å². The number of pyridine rings is 2. The van der Waals surface area contributed by atoms with Gasteiger partial charge < -0.3 is 20.1 Å². The van der Waals surface area contributed by atoms with E-state index in [0.29, 0.717) is 43.3 Å². The van der Waals surface area contributed by atoms with E-state index in [2.05, 4.69) is 65.4 Å². The van der Waals surface area contributed by atoms with Gasteiger partial charge in [0, 0.05) is 38.4 Å². The summed E-state index contributed by atoms with van der Waals surface area (Å²) in [5, 5.41) is 1.88. The number of aromatic nitrogens is 2.